The molecule has 0 aliphatic heterocycles. The van der Waals surface area contributed by atoms with Crippen LogP contribution in [0.1, 0.15) is 5.56 Å². The zero-order valence-corrected chi connectivity index (χ0v) is 12.3. The van der Waals surface area contributed by atoms with E-state index >= 15 is 0 Å². The lowest BCUT2D eigenvalue weighted by Crippen LogP contribution is -2.33. The Kier molecular flexibility index (Phi) is 3.57. The Balaban J connectivity index is 1.88. The Morgan fingerprint density at radius 2 is 2.10 bits per heavy atom. The molecule has 0 aliphatic rings. The summed E-state index contributed by atoms with van der Waals surface area (Å²) < 4.78 is 6.55. The number of rotatable bonds is 2. The topological polar surface area (TPSA) is 77.1 Å². The largest absolute Gasteiger partial charge is 0.429 e. The summed E-state index contributed by atoms with van der Waals surface area (Å²) in [4.78, 5) is 28.0. The van der Waals surface area contributed by atoms with E-state index in [-0.39, 0.29) is 11.2 Å². The number of oxazole rings is 1. The highest BCUT2D eigenvalue weighted by atomic mass is 79.9. The number of hydrogen-bond acceptors (Lipinski definition) is 4. The van der Waals surface area contributed by atoms with Crippen LogP contribution in [0.5, 0.6) is 0 Å². The van der Waals surface area contributed by atoms with Gasteiger partial charge >= 0.3 is 11.8 Å². The number of benzene rings is 1. The highest BCUT2D eigenvalue weighted by Crippen LogP contribution is 2.15. The molecule has 2 aromatic heterocycles. The molecule has 106 valence electrons. The molecular formula is C14H10BrN3O3. The second kappa shape index (κ2) is 5.53. The van der Waals surface area contributed by atoms with Gasteiger partial charge in [0.1, 0.15) is 0 Å². The second-order valence-corrected chi connectivity index (χ2v) is 5.24. The van der Waals surface area contributed by atoms with Crippen molar-refractivity contribution in [2.45, 2.75) is 6.54 Å². The number of nitrogens with one attached hydrogen (secondary N) is 1. The molecule has 0 bridgehead atoms. The van der Waals surface area contributed by atoms with Crippen LogP contribution in [0.25, 0.3) is 11.2 Å². The van der Waals surface area contributed by atoms with Gasteiger partial charge in [0, 0.05) is 23.3 Å². The molecule has 21 heavy (non-hydrogen) atoms. The van der Waals surface area contributed by atoms with Gasteiger partial charge in [0.2, 0.25) is 0 Å². The number of nitrogens with zero attached hydrogens (tertiary/aromatic N) is 2. The lowest BCUT2D eigenvalue weighted by molar-refractivity contribution is 0.240. The molecule has 3 rings (SSSR count). The van der Waals surface area contributed by atoms with E-state index in [0.29, 0.717) is 11.0 Å². The summed E-state index contributed by atoms with van der Waals surface area (Å²) >= 11 is 3.23. The van der Waals surface area contributed by atoms with Gasteiger partial charge < -0.3 is 9.73 Å². The summed E-state index contributed by atoms with van der Waals surface area (Å²) in [7, 11) is 0. The number of halogens is 1. The Hall–Kier alpha value is -2.41. The first-order valence-corrected chi connectivity index (χ1v) is 6.93. The lowest BCUT2D eigenvalue weighted by Gasteiger charge is -2.04. The van der Waals surface area contributed by atoms with Crippen molar-refractivity contribution in [3.63, 3.8) is 0 Å². The molecule has 7 heteroatoms. The molecule has 0 spiro atoms. The second-order valence-electron chi connectivity index (χ2n) is 4.32. The third-order valence-corrected chi connectivity index (χ3v) is 3.31. The molecule has 6 nitrogen and oxygen atoms in total. The maximum absolute atomic E-state index is 12.1. The van der Waals surface area contributed by atoms with Crippen LogP contribution >= 0.6 is 15.9 Å². The number of aromatic nitrogens is 2. The van der Waals surface area contributed by atoms with E-state index in [0.717, 1.165) is 10.1 Å². The minimum atomic E-state index is -0.763. The van der Waals surface area contributed by atoms with Gasteiger partial charge in [-0.1, -0.05) is 30.3 Å². The van der Waals surface area contributed by atoms with Crippen molar-refractivity contribution in [3.8, 4) is 0 Å². The van der Waals surface area contributed by atoms with Gasteiger partial charge in [0.25, 0.3) is 0 Å². The van der Waals surface area contributed by atoms with Crippen LogP contribution in [0.3, 0.4) is 0 Å². The monoisotopic (exact) mass is 347 g/mol. The average Bonchev–Trinajstić information content (AvgIpc) is 2.81. The van der Waals surface area contributed by atoms with Crippen molar-refractivity contribution >= 4 is 33.2 Å². The molecule has 0 saturated heterocycles. The highest BCUT2D eigenvalue weighted by molar-refractivity contribution is 9.10. The number of carbonyl (C=O) groups is 1. The van der Waals surface area contributed by atoms with Crippen LogP contribution in [0.4, 0.5) is 4.79 Å². The van der Waals surface area contributed by atoms with Gasteiger partial charge in [-0.05, 0) is 21.5 Å². The van der Waals surface area contributed by atoms with E-state index < -0.39 is 11.8 Å². The number of fused-ring (bicyclic) bond motifs is 1. The Morgan fingerprint density at radius 1 is 1.33 bits per heavy atom. The van der Waals surface area contributed by atoms with Crippen molar-refractivity contribution < 1.29 is 9.21 Å². The van der Waals surface area contributed by atoms with Crippen molar-refractivity contribution in [1.29, 1.82) is 0 Å². The fourth-order valence-electron chi connectivity index (χ4n) is 1.91. The van der Waals surface area contributed by atoms with E-state index in [4.69, 9.17) is 4.42 Å². The maximum atomic E-state index is 12.1. The van der Waals surface area contributed by atoms with E-state index in [9.17, 15) is 9.59 Å². The average molecular weight is 348 g/mol. The Morgan fingerprint density at radius 3 is 2.86 bits per heavy atom. The Labute approximate surface area is 127 Å². The van der Waals surface area contributed by atoms with Gasteiger partial charge in [0.15, 0.2) is 11.2 Å². The molecule has 2 heterocycles. The SMILES string of the molecule is O=C(NCc1ccccc1)n1c(=O)oc2cc(Br)cnc21. The van der Waals surface area contributed by atoms with E-state index in [1.807, 2.05) is 30.3 Å². The first-order chi connectivity index (χ1) is 10.1. The summed E-state index contributed by atoms with van der Waals surface area (Å²) in [5, 5.41) is 2.66. The van der Waals surface area contributed by atoms with E-state index in [1.165, 1.54) is 6.20 Å². The molecule has 0 unspecified atom stereocenters. The molecule has 1 amide bonds. The van der Waals surface area contributed by atoms with E-state index in [2.05, 4.69) is 26.2 Å². The predicted octanol–water partition coefficient (Wildman–Crippen LogP) is 2.51. The van der Waals surface area contributed by atoms with Crippen LogP contribution < -0.4 is 11.1 Å². The van der Waals surface area contributed by atoms with Gasteiger partial charge in [0.05, 0.1) is 0 Å². The molecule has 1 N–H and O–H groups in total. The quantitative estimate of drug-likeness (QED) is 0.772. The Bertz CT molecular complexity index is 855. The summed E-state index contributed by atoms with van der Waals surface area (Å²) in [5.74, 6) is -0.763. The fraction of sp³-hybridized carbons (Fsp3) is 0.0714. The maximum Gasteiger partial charge on any atom is 0.429 e. The number of hydrogen-bond donors (Lipinski definition) is 1. The highest BCUT2D eigenvalue weighted by Gasteiger charge is 2.17. The molecule has 0 radical (unpaired) electrons. The summed E-state index contributed by atoms with van der Waals surface area (Å²) in [6.45, 7) is 0.315. The predicted molar refractivity (Wildman–Crippen MR) is 80.0 cm³/mol. The fourth-order valence-corrected chi connectivity index (χ4v) is 2.22. The third kappa shape index (κ3) is 2.73. The van der Waals surface area contributed by atoms with Crippen molar-refractivity contribution in [2.75, 3.05) is 0 Å². The van der Waals surface area contributed by atoms with Gasteiger partial charge in [-0.2, -0.15) is 4.57 Å². The smallest absolute Gasteiger partial charge is 0.406 e. The summed E-state index contributed by atoms with van der Waals surface area (Å²) in [6, 6.07) is 10.4. The minimum absolute atomic E-state index is 0.189. The standard InChI is InChI=1S/C14H10BrN3O3/c15-10-6-11-12(16-8-10)18(14(20)21-11)13(19)17-7-9-4-2-1-3-5-9/h1-6,8H,7H2,(H,17,19). The normalized spacial score (nSPS) is 10.7. The number of amides is 1. The van der Waals surface area contributed by atoms with Crippen LogP contribution in [0.2, 0.25) is 0 Å². The summed E-state index contributed by atoms with van der Waals surface area (Å²) in [6.07, 6.45) is 1.50. The van der Waals surface area contributed by atoms with Crippen molar-refractivity contribution in [2.24, 2.45) is 0 Å². The summed E-state index contributed by atoms with van der Waals surface area (Å²) in [5.41, 5.74) is 1.38. The lowest BCUT2D eigenvalue weighted by atomic mass is 10.2. The van der Waals surface area contributed by atoms with Crippen LogP contribution in [-0.4, -0.2) is 15.6 Å². The van der Waals surface area contributed by atoms with E-state index in [1.54, 1.807) is 6.07 Å². The molecule has 0 aliphatic carbocycles. The third-order valence-electron chi connectivity index (χ3n) is 2.88. The first-order valence-electron chi connectivity index (χ1n) is 6.14. The first kappa shape index (κ1) is 13.6. The zero-order chi connectivity index (χ0) is 14.8. The molecule has 0 saturated carbocycles. The zero-order valence-electron chi connectivity index (χ0n) is 10.7. The molecule has 3 aromatic rings. The van der Waals surface area contributed by atoms with Gasteiger partial charge in [-0.15, -0.1) is 0 Å². The molecule has 0 atom stereocenters. The molecule has 0 fully saturated rings. The molecular weight excluding hydrogens is 338 g/mol. The van der Waals surface area contributed by atoms with Crippen molar-refractivity contribution in [1.82, 2.24) is 14.9 Å². The van der Waals surface area contributed by atoms with Crippen molar-refractivity contribution in [3.05, 3.63) is 63.2 Å². The minimum Gasteiger partial charge on any atom is -0.406 e. The van der Waals surface area contributed by atoms with Gasteiger partial charge in [-0.3, -0.25) is 0 Å². The van der Waals surface area contributed by atoms with Crippen LogP contribution in [0.15, 0.2) is 56.3 Å². The van der Waals surface area contributed by atoms with Crippen LogP contribution in [-0.2, 0) is 6.54 Å². The van der Waals surface area contributed by atoms with Crippen LogP contribution in [0, 0.1) is 0 Å². The molecule has 1 aromatic carbocycles. The number of pyridine rings is 1. The number of carbonyl (C=O) groups excluding carboxylic acids is 1. The van der Waals surface area contributed by atoms with Gasteiger partial charge in [-0.25, -0.2) is 14.6 Å².